The highest BCUT2D eigenvalue weighted by atomic mass is 32.1. The van der Waals surface area contributed by atoms with E-state index in [2.05, 4.69) is 6.07 Å². The van der Waals surface area contributed by atoms with Crippen molar-refractivity contribution in [2.75, 3.05) is 6.61 Å². The zero-order valence-corrected chi connectivity index (χ0v) is 19.2. The number of thiophene rings is 1. The number of benzene rings is 2. The molecule has 33 heavy (non-hydrogen) atoms. The van der Waals surface area contributed by atoms with E-state index in [1.807, 2.05) is 31.2 Å². The lowest BCUT2D eigenvalue weighted by Gasteiger charge is -2.33. The van der Waals surface area contributed by atoms with Gasteiger partial charge in [-0.1, -0.05) is 30.3 Å². The van der Waals surface area contributed by atoms with Gasteiger partial charge in [-0.3, -0.25) is 9.59 Å². The fourth-order valence-electron chi connectivity index (χ4n) is 4.01. The van der Waals surface area contributed by atoms with Crippen LogP contribution in [0.25, 0.3) is 10.4 Å². The van der Waals surface area contributed by atoms with Crippen LogP contribution in [-0.2, 0) is 25.5 Å². The SMILES string of the molecule is CC(=O)O[C@@H]1C[C@H](c2ccc(C)c(Cc3ccc(-c4ccc(F)cc4)s3)c2)O[C@H](CO)C1=O. The summed E-state index contributed by atoms with van der Waals surface area (Å²) in [5.41, 5.74) is 4.08. The van der Waals surface area contributed by atoms with Gasteiger partial charge in [0.15, 0.2) is 6.10 Å². The van der Waals surface area contributed by atoms with Gasteiger partial charge in [0.2, 0.25) is 5.78 Å². The molecule has 1 N–H and O–H groups in total. The third kappa shape index (κ3) is 5.38. The van der Waals surface area contributed by atoms with Crippen LogP contribution < -0.4 is 0 Å². The zero-order chi connectivity index (χ0) is 23.5. The molecule has 0 unspecified atom stereocenters. The summed E-state index contributed by atoms with van der Waals surface area (Å²) in [6, 6.07) is 16.6. The molecule has 0 bridgehead atoms. The second-order valence-electron chi connectivity index (χ2n) is 8.17. The molecular weight excluding hydrogens is 443 g/mol. The Morgan fingerprint density at radius 1 is 1.18 bits per heavy atom. The Morgan fingerprint density at radius 2 is 1.94 bits per heavy atom. The number of Topliss-reactive ketones (excluding diaryl/α,β-unsaturated/α-hetero) is 1. The normalized spacial score (nSPS) is 20.6. The Bertz CT molecular complexity index is 1150. The van der Waals surface area contributed by atoms with Gasteiger partial charge in [0.25, 0.3) is 0 Å². The van der Waals surface area contributed by atoms with Gasteiger partial charge in [0.1, 0.15) is 11.9 Å². The van der Waals surface area contributed by atoms with E-state index in [9.17, 15) is 19.1 Å². The number of rotatable bonds is 6. The maximum Gasteiger partial charge on any atom is 0.303 e. The minimum absolute atomic E-state index is 0.213. The van der Waals surface area contributed by atoms with E-state index in [1.165, 1.54) is 23.9 Å². The van der Waals surface area contributed by atoms with E-state index in [0.29, 0.717) is 6.42 Å². The summed E-state index contributed by atoms with van der Waals surface area (Å²) in [5, 5.41) is 9.58. The number of ether oxygens (including phenoxy) is 2. The number of esters is 1. The van der Waals surface area contributed by atoms with Crippen LogP contribution in [0.5, 0.6) is 0 Å². The van der Waals surface area contributed by atoms with Gasteiger partial charge >= 0.3 is 5.97 Å². The van der Waals surface area contributed by atoms with Crippen molar-refractivity contribution in [2.24, 2.45) is 0 Å². The van der Waals surface area contributed by atoms with Gasteiger partial charge in [-0.25, -0.2) is 4.39 Å². The summed E-state index contributed by atoms with van der Waals surface area (Å²) in [4.78, 5) is 26.1. The fourth-order valence-corrected chi connectivity index (χ4v) is 5.04. The van der Waals surface area contributed by atoms with E-state index in [0.717, 1.165) is 27.1 Å². The van der Waals surface area contributed by atoms with E-state index in [4.69, 9.17) is 9.47 Å². The standard InChI is InChI=1S/C26H25FO5S/c1-15-3-4-18(22-13-23(31-16(2)29)26(30)24(14-28)32-22)11-19(15)12-21-9-10-25(33-21)17-5-7-20(27)8-6-17/h3-11,22-24,28H,12-14H2,1-2H3/t22-,23-,24-/m1/s1. The third-order valence-electron chi connectivity index (χ3n) is 5.77. The molecule has 1 aliphatic rings. The molecular formula is C26H25FO5S. The van der Waals surface area contributed by atoms with Gasteiger partial charge < -0.3 is 14.6 Å². The van der Waals surface area contributed by atoms with Crippen LogP contribution >= 0.6 is 11.3 Å². The van der Waals surface area contributed by atoms with Crippen LogP contribution in [0.3, 0.4) is 0 Å². The highest BCUT2D eigenvalue weighted by Gasteiger charge is 2.39. The molecule has 4 rings (SSSR count). The van der Waals surface area contributed by atoms with Crippen molar-refractivity contribution < 1.29 is 28.6 Å². The molecule has 172 valence electrons. The average molecular weight is 469 g/mol. The molecule has 0 saturated carbocycles. The lowest BCUT2D eigenvalue weighted by Crippen LogP contribution is -2.45. The lowest BCUT2D eigenvalue weighted by atomic mass is 9.92. The molecule has 0 spiro atoms. The topological polar surface area (TPSA) is 72.8 Å². The van der Waals surface area contributed by atoms with E-state index in [1.54, 1.807) is 23.5 Å². The quantitative estimate of drug-likeness (QED) is 0.528. The molecule has 2 heterocycles. The monoisotopic (exact) mass is 468 g/mol. The predicted molar refractivity (Wildman–Crippen MR) is 124 cm³/mol. The van der Waals surface area contributed by atoms with Crippen molar-refractivity contribution in [1.82, 2.24) is 0 Å². The van der Waals surface area contributed by atoms with Crippen molar-refractivity contribution in [2.45, 2.75) is 45.0 Å². The minimum atomic E-state index is -1.02. The highest BCUT2D eigenvalue weighted by Crippen LogP contribution is 2.34. The van der Waals surface area contributed by atoms with Gasteiger partial charge in [-0.15, -0.1) is 11.3 Å². The number of hydrogen-bond acceptors (Lipinski definition) is 6. The van der Waals surface area contributed by atoms with Crippen molar-refractivity contribution in [3.63, 3.8) is 0 Å². The minimum Gasteiger partial charge on any atom is -0.454 e. The van der Waals surface area contributed by atoms with Crippen LogP contribution in [-0.4, -0.2) is 35.7 Å². The van der Waals surface area contributed by atoms with Crippen molar-refractivity contribution in [3.05, 3.63) is 82.0 Å². The molecule has 1 aromatic heterocycles. The summed E-state index contributed by atoms with van der Waals surface area (Å²) >= 11 is 1.66. The predicted octanol–water partition coefficient (Wildman–Crippen LogP) is 4.78. The average Bonchev–Trinajstić information content (AvgIpc) is 3.25. The Hall–Kier alpha value is -2.87. The van der Waals surface area contributed by atoms with Gasteiger partial charge in [0.05, 0.1) is 12.7 Å². The molecule has 1 fully saturated rings. The molecule has 3 aromatic rings. The number of hydrogen-bond donors (Lipinski definition) is 1. The molecule has 0 aliphatic carbocycles. The molecule has 1 aliphatic heterocycles. The lowest BCUT2D eigenvalue weighted by molar-refractivity contribution is -0.175. The summed E-state index contributed by atoms with van der Waals surface area (Å²) in [6.07, 6.45) is -1.49. The van der Waals surface area contributed by atoms with Crippen LogP contribution in [0, 0.1) is 12.7 Å². The smallest absolute Gasteiger partial charge is 0.303 e. The molecule has 1 saturated heterocycles. The summed E-state index contributed by atoms with van der Waals surface area (Å²) in [7, 11) is 0. The van der Waals surface area contributed by atoms with Gasteiger partial charge in [-0.2, -0.15) is 0 Å². The third-order valence-corrected chi connectivity index (χ3v) is 6.90. The molecule has 2 aromatic carbocycles. The summed E-state index contributed by atoms with van der Waals surface area (Å²) in [6.45, 7) is 2.83. The van der Waals surface area contributed by atoms with Crippen LogP contribution in [0.2, 0.25) is 0 Å². The van der Waals surface area contributed by atoms with Gasteiger partial charge in [0, 0.05) is 29.5 Å². The van der Waals surface area contributed by atoms with Crippen molar-refractivity contribution in [1.29, 1.82) is 0 Å². The molecule has 0 amide bonds. The number of carbonyl (C=O) groups excluding carboxylic acids is 2. The molecule has 0 radical (unpaired) electrons. The number of aliphatic hydroxyl groups excluding tert-OH is 1. The zero-order valence-electron chi connectivity index (χ0n) is 18.4. The molecule has 5 nitrogen and oxygen atoms in total. The molecule has 3 atom stereocenters. The largest absolute Gasteiger partial charge is 0.454 e. The van der Waals surface area contributed by atoms with Crippen molar-refractivity contribution in [3.8, 4) is 10.4 Å². The summed E-state index contributed by atoms with van der Waals surface area (Å²) < 4.78 is 24.3. The first kappa shape index (κ1) is 23.3. The number of ketones is 1. The number of aliphatic hydroxyl groups is 1. The van der Waals surface area contributed by atoms with Crippen LogP contribution in [0.1, 0.15) is 41.0 Å². The second-order valence-corrected chi connectivity index (χ2v) is 9.34. The number of aryl methyl sites for hydroxylation is 1. The number of halogens is 1. The Morgan fingerprint density at radius 3 is 2.64 bits per heavy atom. The first-order chi connectivity index (χ1) is 15.8. The second kappa shape index (κ2) is 9.95. The van der Waals surface area contributed by atoms with Crippen LogP contribution in [0.4, 0.5) is 4.39 Å². The molecule has 7 heteroatoms. The van der Waals surface area contributed by atoms with E-state index in [-0.39, 0.29) is 12.2 Å². The summed E-state index contributed by atoms with van der Waals surface area (Å²) in [5.74, 6) is -1.21. The first-order valence-electron chi connectivity index (χ1n) is 10.8. The van der Waals surface area contributed by atoms with Crippen LogP contribution in [0.15, 0.2) is 54.6 Å². The van der Waals surface area contributed by atoms with E-state index < -0.39 is 36.7 Å². The van der Waals surface area contributed by atoms with E-state index >= 15 is 0 Å². The maximum atomic E-state index is 13.2. The fraction of sp³-hybridized carbons (Fsp3) is 0.308. The van der Waals surface area contributed by atoms with Crippen molar-refractivity contribution >= 4 is 23.1 Å². The Kier molecular flexibility index (Phi) is 7.02. The maximum absolute atomic E-state index is 13.2. The van der Waals surface area contributed by atoms with Gasteiger partial charge in [-0.05, 0) is 53.4 Å². The highest BCUT2D eigenvalue weighted by molar-refractivity contribution is 7.15. The Labute approximate surface area is 195 Å². The Balaban J connectivity index is 1.55. The first-order valence-corrected chi connectivity index (χ1v) is 11.6. The number of carbonyl (C=O) groups is 2.